The van der Waals surface area contributed by atoms with E-state index in [9.17, 15) is 9.59 Å². The third kappa shape index (κ3) is 6.06. The summed E-state index contributed by atoms with van der Waals surface area (Å²) in [5.74, 6) is 0.272. The van der Waals surface area contributed by atoms with Crippen LogP contribution in [0.15, 0.2) is 48.5 Å². The topological polar surface area (TPSA) is 85.2 Å². The lowest BCUT2D eigenvalue weighted by Crippen LogP contribution is -2.32. The first-order valence-corrected chi connectivity index (χ1v) is 10.7. The molecule has 1 aromatic heterocycles. The first-order chi connectivity index (χ1) is 15.0. The van der Waals surface area contributed by atoms with E-state index < -0.39 is 6.04 Å². The van der Waals surface area contributed by atoms with Crippen LogP contribution in [0, 0.1) is 0 Å². The molecule has 1 heterocycles. The fourth-order valence-electron chi connectivity index (χ4n) is 3.28. The van der Waals surface area contributed by atoms with E-state index in [1.807, 2.05) is 42.7 Å². The number of aromatic nitrogens is 2. The third-order valence-electron chi connectivity index (χ3n) is 4.82. The van der Waals surface area contributed by atoms with Crippen LogP contribution in [0.1, 0.15) is 42.5 Å². The van der Waals surface area contributed by atoms with E-state index in [0.717, 1.165) is 17.5 Å². The second-order valence-electron chi connectivity index (χ2n) is 7.15. The van der Waals surface area contributed by atoms with E-state index in [1.54, 1.807) is 24.3 Å². The number of carbonyl (C=O) groups excluding carboxylic acids is 2. The number of carbonyl (C=O) groups is 2. The average molecular weight is 443 g/mol. The molecule has 0 radical (unpaired) electrons. The number of amides is 2. The minimum atomic E-state index is -0.402. The first-order valence-electron chi connectivity index (χ1n) is 10.4. The number of nitrogens with one attached hydrogen (secondary N) is 2. The monoisotopic (exact) mass is 442 g/mol. The van der Waals surface area contributed by atoms with Crippen LogP contribution in [-0.2, 0) is 16.1 Å². The Morgan fingerprint density at radius 1 is 1.16 bits per heavy atom. The van der Waals surface area contributed by atoms with E-state index in [-0.39, 0.29) is 18.4 Å². The number of hydrogen-bond donors (Lipinski definition) is 2. The molecule has 31 heavy (non-hydrogen) atoms. The van der Waals surface area contributed by atoms with Gasteiger partial charge in [-0.1, -0.05) is 23.7 Å². The SMILES string of the molecule is CCOCCCNC(=O)Cn1c(C(C)NC(=O)c2ccc(Cl)cc2)nc2ccccc21. The van der Waals surface area contributed by atoms with Gasteiger partial charge in [-0.2, -0.15) is 0 Å². The zero-order chi connectivity index (χ0) is 22.2. The van der Waals surface area contributed by atoms with Gasteiger partial charge in [0.2, 0.25) is 5.91 Å². The number of nitrogens with zero attached hydrogens (tertiary/aromatic N) is 2. The lowest BCUT2D eigenvalue weighted by Gasteiger charge is -2.16. The molecule has 2 amide bonds. The molecular weight excluding hydrogens is 416 g/mol. The molecule has 0 fully saturated rings. The quantitative estimate of drug-likeness (QED) is 0.468. The first kappa shape index (κ1) is 22.8. The molecule has 1 unspecified atom stereocenters. The van der Waals surface area contributed by atoms with E-state index in [0.29, 0.717) is 36.2 Å². The summed E-state index contributed by atoms with van der Waals surface area (Å²) in [6, 6.07) is 13.9. The van der Waals surface area contributed by atoms with Crippen LogP contribution in [-0.4, -0.2) is 41.1 Å². The van der Waals surface area contributed by atoms with Crippen molar-refractivity contribution in [3.05, 3.63) is 64.9 Å². The van der Waals surface area contributed by atoms with E-state index in [2.05, 4.69) is 15.6 Å². The van der Waals surface area contributed by atoms with Crippen molar-refractivity contribution in [3.8, 4) is 0 Å². The zero-order valence-electron chi connectivity index (χ0n) is 17.7. The van der Waals surface area contributed by atoms with Crippen molar-refractivity contribution in [2.75, 3.05) is 19.8 Å². The fraction of sp³-hybridized carbons (Fsp3) is 0.348. The number of imidazole rings is 1. The van der Waals surface area contributed by atoms with Crippen LogP contribution in [0.25, 0.3) is 11.0 Å². The molecule has 8 heteroatoms. The standard InChI is InChI=1S/C23H27ClN4O3/c1-3-31-14-6-13-25-21(29)15-28-20-8-5-4-7-19(20)27-22(28)16(2)26-23(30)17-9-11-18(24)12-10-17/h4-5,7-12,16H,3,6,13-15H2,1-2H3,(H,25,29)(H,26,30). The molecule has 1 atom stereocenters. The summed E-state index contributed by atoms with van der Waals surface area (Å²) in [6.45, 7) is 5.74. The number of rotatable bonds is 10. The van der Waals surface area contributed by atoms with Crippen LogP contribution in [0.4, 0.5) is 0 Å². The number of hydrogen-bond acceptors (Lipinski definition) is 4. The van der Waals surface area contributed by atoms with Gasteiger partial charge in [-0.15, -0.1) is 0 Å². The van der Waals surface area contributed by atoms with Crippen molar-refractivity contribution in [1.82, 2.24) is 20.2 Å². The summed E-state index contributed by atoms with van der Waals surface area (Å²) < 4.78 is 7.14. The summed E-state index contributed by atoms with van der Waals surface area (Å²) in [6.07, 6.45) is 0.755. The summed E-state index contributed by atoms with van der Waals surface area (Å²) in [4.78, 5) is 29.8. The zero-order valence-corrected chi connectivity index (χ0v) is 18.5. The molecule has 2 aromatic carbocycles. The Morgan fingerprint density at radius 2 is 1.90 bits per heavy atom. The second kappa shape index (κ2) is 10.9. The Morgan fingerprint density at radius 3 is 2.65 bits per heavy atom. The molecule has 0 spiro atoms. The maximum atomic E-state index is 12.6. The van der Waals surface area contributed by atoms with Crippen molar-refractivity contribution < 1.29 is 14.3 Å². The Hall–Kier alpha value is -2.90. The molecule has 3 rings (SSSR count). The predicted octanol–water partition coefficient (Wildman–Crippen LogP) is 3.72. The van der Waals surface area contributed by atoms with Gasteiger partial charge in [0, 0.05) is 30.3 Å². The van der Waals surface area contributed by atoms with Gasteiger partial charge in [0.25, 0.3) is 5.91 Å². The number of fused-ring (bicyclic) bond motifs is 1. The largest absolute Gasteiger partial charge is 0.382 e. The summed E-state index contributed by atoms with van der Waals surface area (Å²) >= 11 is 5.90. The van der Waals surface area contributed by atoms with Crippen molar-refractivity contribution in [3.63, 3.8) is 0 Å². The van der Waals surface area contributed by atoms with E-state index in [1.165, 1.54) is 0 Å². The molecule has 164 valence electrons. The van der Waals surface area contributed by atoms with Gasteiger partial charge >= 0.3 is 0 Å². The van der Waals surface area contributed by atoms with E-state index >= 15 is 0 Å². The lowest BCUT2D eigenvalue weighted by molar-refractivity contribution is -0.121. The average Bonchev–Trinajstić information content (AvgIpc) is 3.12. The highest BCUT2D eigenvalue weighted by molar-refractivity contribution is 6.30. The summed E-state index contributed by atoms with van der Waals surface area (Å²) in [7, 11) is 0. The molecule has 0 bridgehead atoms. The van der Waals surface area contributed by atoms with Crippen LogP contribution in [0.3, 0.4) is 0 Å². The minimum Gasteiger partial charge on any atom is -0.382 e. The van der Waals surface area contributed by atoms with Gasteiger partial charge in [-0.05, 0) is 56.7 Å². The molecule has 2 N–H and O–H groups in total. The van der Waals surface area contributed by atoms with Gasteiger partial charge in [-0.3, -0.25) is 9.59 Å². The summed E-state index contributed by atoms with van der Waals surface area (Å²) in [5, 5.41) is 6.44. The fourth-order valence-corrected chi connectivity index (χ4v) is 3.41. The van der Waals surface area contributed by atoms with Gasteiger partial charge in [0.15, 0.2) is 0 Å². The molecular formula is C23H27ClN4O3. The van der Waals surface area contributed by atoms with Crippen molar-refractivity contribution in [2.45, 2.75) is 32.9 Å². The van der Waals surface area contributed by atoms with Gasteiger partial charge in [-0.25, -0.2) is 4.98 Å². The number of ether oxygens (including phenoxy) is 1. The molecule has 0 saturated heterocycles. The highest BCUT2D eigenvalue weighted by Gasteiger charge is 2.20. The second-order valence-corrected chi connectivity index (χ2v) is 7.58. The van der Waals surface area contributed by atoms with Gasteiger partial charge in [0.05, 0.1) is 17.1 Å². The molecule has 0 aliphatic heterocycles. The Bertz CT molecular complexity index is 1030. The smallest absolute Gasteiger partial charge is 0.251 e. The Balaban J connectivity index is 1.74. The van der Waals surface area contributed by atoms with Crippen molar-refractivity contribution in [2.24, 2.45) is 0 Å². The maximum Gasteiger partial charge on any atom is 0.251 e. The Labute approximate surface area is 186 Å². The van der Waals surface area contributed by atoms with Crippen LogP contribution in [0.5, 0.6) is 0 Å². The highest BCUT2D eigenvalue weighted by atomic mass is 35.5. The minimum absolute atomic E-state index is 0.114. The predicted molar refractivity (Wildman–Crippen MR) is 121 cm³/mol. The molecule has 0 aliphatic rings. The third-order valence-corrected chi connectivity index (χ3v) is 5.07. The molecule has 3 aromatic rings. The van der Waals surface area contributed by atoms with Crippen LogP contribution < -0.4 is 10.6 Å². The van der Waals surface area contributed by atoms with Gasteiger partial charge in [0.1, 0.15) is 12.4 Å². The molecule has 7 nitrogen and oxygen atoms in total. The lowest BCUT2D eigenvalue weighted by atomic mass is 10.2. The maximum absolute atomic E-state index is 12.6. The van der Waals surface area contributed by atoms with Gasteiger partial charge < -0.3 is 19.9 Å². The normalized spacial score (nSPS) is 12.0. The molecule has 0 aliphatic carbocycles. The number of para-hydroxylation sites is 2. The van der Waals surface area contributed by atoms with Crippen molar-refractivity contribution in [1.29, 1.82) is 0 Å². The molecule has 0 saturated carbocycles. The van der Waals surface area contributed by atoms with Crippen molar-refractivity contribution >= 4 is 34.4 Å². The summed E-state index contributed by atoms with van der Waals surface area (Å²) in [5.41, 5.74) is 2.12. The van der Waals surface area contributed by atoms with Crippen LogP contribution >= 0.6 is 11.6 Å². The van der Waals surface area contributed by atoms with Crippen LogP contribution in [0.2, 0.25) is 5.02 Å². The van der Waals surface area contributed by atoms with E-state index in [4.69, 9.17) is 16.3 Å². The Kier molecular flexibility index (Phi) is 8.03. The number of benzene rings is 2. The highest BCUT2D eigenvalue weighted by Crippen LogP contribution is 2.21. The number of halogens is 1.